The number of hydrogen-bond donors (Lipinski definition) is 1. The zero-order chi connectivity index (χ0) is 15.4. The Morgan fingerprint density at radius 3 is 2.52 bits per heavy atom. The first-order valence-electron chi connectivity index (χ1n) is 5.94. The normalized spacial score (nSPS) is 10.1. The van der Waals surface area contributed by atoms with Gasteiger partial charge in [0.2, 0.25) is 11.8 Å². The van der Waals surface area contributed by atoms with Crippen molar-refractivity contribution >= 4 is 17.6 Å². The lowest BCUT2D eigenvalue weighted by Gasteiger charge is -2.04. The summed E-state index contributed by atoms with van der Waals surface area (Å²) in [6, 6.07) is 5.53. The van der Waals surface area contributed by atoms with Crippen LogP contribution in [0.25, 0.3) is 11.4 Å². The Morgan fingerprint density at radius 1 is 1.29 bits per heavy atom. The van der Waals surface area contributed by atoms with E-state index in [2.05, 4.69) is 15.0 Å². The van der Waals surface area contributed by atoms with Gasteiger partial charge in [0.1, 0.15) is 0 Å². The molecule has 0 saturated heterocycles. The maximum absolute atomic E-state index is 11.6. The van der Waals surface area contributed by atoms with Crippen LogP contribution in [0.1, 0.15) is 17.5 Å². The lowest BCUT2D eigenvalue weighted by Crippen LogP contribution is -2.13. The molecular weight excluding hydrogens is 278 g/mol. The third-order valence-corrected chi connectivity index (χ3v) is 2.45. The van der Waals surface area contributed by atoms with Gasteiger partial charge < -0.3 is 10.5 Å². The number of non-ortho nitro benzene ring substituents is 1. The highest BCUT2D eigenvalue weighted by Crippen LogP contribution is 2.19. The van der Waals surface area contributed by atoms with Gasteiger partial charge in [-0.3, -0.25) is 10.1 Å². The number of carbonyl (C=O) groups excluding carboxylic acids is 1. The number of aromatic nitrogens is 3. The Bertz CT molecular complexity index is 687. The molecule has 0 aliphatic rings. The van der Waals surface area contributed by atoms with Crippen molar-refractivity contribution in [1.82, 2.24) is 15.0 Å². The highest BCUT2D eigenvalue weighted by Gasteiger charge is 2.15. The van der Waals surface area contributed by atoms with E-state index in [1.807, 2.05) is 0 Å². The summed E-state index contributed by atoms with van der Waals surface area (Å²) in [5.41, 5.74) is 5.94. The minimum atomic E-state index is -0.713. The average Bonchev–Trinajstić information content (AvgIpc) is 2.47. The maximum Gasteiger partial charge on any atom is 0.376 e. The van der Waals surface area contributed by atoms with Crippen molar-refractivity contribution in [3.63, 3.8) is 0 Å². The number of esters is 1. The predicted octanol–water partition coefficient (Wildman–Crippen LogP) is 1.21. The van der Waals surface area contributed by atoms with E-state index in [1.165, 1.54) is 24.3 Å². The zero-order valence-electron chi connectivity index (χ0n) is 11.0. The number of benzene rings is 1. The van der Waals surface area contributed by atoms with Crippen LogP contribution in [-0.2, 0) is 4.74 Å². The van der Waals surface area contributed by atoms with Gasteiger partial charge in [0.25, 0.3) is 5.69 Å². The van der Waals surface area contributed by atoms with Gasteiger partial charge in [-0.2, -0.15) is 9.97 Å². The molecule has 9 heteroatoms. The third kappa shape index (κ3) is 3.26. The largest absolute Gasteiger partial charge is 0.460 e. The third-order valence-electron chi connectivity index (χ3n) is 2.45. The molecule has 2 rings (SSSR count). The molecule has 1 aromatic heterocycles. The molecule has 1 heterocycles. The quantitative estimate of drug-likeness (QED) is 0.504. The fourth-order valence-corrected chi connectivity index (χ4v) is 1.54. The van der Waals surface area contributed by atoms with E-state index in [-0.39, 0.29) is 29.9 Å². The standard InChI is InChI=1S/C12H11N5O4/c1-2-21-11(18)10-14-9(15-12(13)16-10)7-3-5-8(6-4-7)17(19)20/h3-6H,2H2,1H3,(H2,13,14,15,16). The summed E-state index contributed by atoms with van der Waals surface area (Å²) in [4.78, 5) is 33.2. The Hall–Kier alpha value is -3.10. The van der Waals surface area contributed by atoms with E-state index in [1.54, 1.807) is 6.92 Å². The molecule has 0 aliphatic heterocycles. The smallest absolute Gasteiger partial charge is 0.376 e. The first-order chi connectivity index (χ1) is 10.0. The number of hydrogen-bond acceptors (Lipinski definition) is 8. The molecule has 0 atom stereocenters. The van der Waals surface area contributed by atoms with E-state index < -0.39 is 10.9 Å². The average molecular weight is 289 g/mol. The molecule has 21 heavy (non-hydrogen) atoms. The van der Waals surface area contributed by atoms with Crippen molar-refractivity contribution in [2.24, 2.45) is 0 Å². The van der Waals surface area contributed by atoms with E-state index in [0.717, 1.165) is 0 Å². The molecule has 0 radical (unpaired) electrons. The number of carbonyl (C=O) groups is 1. The Kier molecular flexibility index (Phi) is 4.02. The van der Waals surface area contributed by atoms with Crippen LogP contribution in [0.3, 0.4) is 0 Å². The van der Waals surface area contributed by atoms with Crippen LogP contribution < -0.4 is 5.73 Å². The van der Waals surface area contributed by atoms with Gasteiger partial charge in [0, 0.05) is 17.7 Å². The van der Waals surface area contributed by atoms with Gasteiger partial charge in [0.15, 0.2) is 5.82 Å². The fraction of sp³-hybridized carbons (Fsp3) is 0.167. The predicted molar refractivity (Wildman–Crippen MR) is 72.3 cm³/mol. The number of nitro benzene ring substituents is 1. The van der Waals surface area contributed by atoms with Gasteiger partial charge in [-0.05, 0) is 19.1 Å². The summed E-state index contributed by atoms with van der Waals surface area (Å²) in [5, 5.41) is 10.6. The zero-order valence-corrected chi connectivity index (χ0v) is 11.0. The molecule has 0 aliphatic carbocycles. The van der Waals surface area contributed by atoms with E-state index in [4.69, 9.17) is 10.5 Å². The van der Waals surface area contributed by atoms with E-state index in [9.17, 15) is 14.9 Å². The molecule has 0 amide bonds. The summed E-state index contributed by atoms with van der Waals surface area (Å²) in [5.74, 6) is -0.922. The second kappa shape index (κ2) is 5.90. The van der Waals surface area contributed by atoms with Crippen molar-refractivity contribution in [2.75, 3.05) is 12.3 Å². The second-order valence-corrected chi connectivity index (χ2v) is 3.87. The second-order valence-electron chi connectivity index (χ2n) is 3.87. The summed E-state index contributed by atoms with van der Waals surface area (Å²) in [6.07, 6.45) is 0. The van der Waals surface area contributed by atoms with Crippen LogP contribution in [0, 0.1) is 10.1 Å². The number of ether oxygens (including phenoxy) is 1. The van der Waals surface area contributed by atoms with Crippen LogP contribution in [0.2, 0.25) is 0 Å². The van der Waals surface area contributed by atoms with Crippen molar-refractivity contribution < 1.29 is 14.5 Å². The van der Waals surface area contributed by atoms with Gasteiger partial charge in [-0.25, -0.2) is 9.78 Å². The van der Waals surface area contributed by atoms with E-state index in [0.29, 0.717) is 5.56 Å². The number of nitrogens with zero attached hydrogens (tertiary/aromatic N) is 4. The summed E-state index contributed by atoms with van der Waals surface area (Å²) < 4.78 is 4.79. The van der Waals surface area contributed by atoms with Gasteiger partial charge in [-0.1, -0.05) is 0 Å². The minimum absolute atomic E-state index is 0.0635. The summed E-state index contributed by atoms with van der Waals surface area (Å²) in [7, 11) is 0. The van der Waals surface area contributed by atoms with Crippen LogP contribution in [0.5, 0.6) is 0 Å². The van der Waals surface area contributed by atoms with Crippen LogP contribution >= 0.6 is 0 Å². The highest BCUT2D eigenvalue weighted by molar-refractivity contribution is 5.86. The van der Waals surface area contributed by atoms with Crippen LogP contribution in [0.15, 0.2) is 24.3 Å². The Labute approximate surface area is 119 Å². The molecule has 9 nitrogen and oxygen atoms in total. The minimum Gasteiger partial charge on any atom is -0.460 e. The first-order valence-corrected chi connectivity index (χ1v) is 5.94. The van der Waals surface area contributed by atoms with Crippen molar-refractivity contribution in [3.05, 3.63) is 40.2 Å². The molecular formula is C12H11N5O4. The molecule has 2 N–H and O–H groups in total. The molecule has 0 unspecified atom stereocenters. The Balaban J connectivity index is 2.39. The van der Waals surface area contributed by atoms with Crippen LogP contribution in [0.4, 0.5) is 11.6 Å². The topological polar surface area (TPSA) is 134 Å². The van der Waals surface area contributed by atoms with E-state index >= 15 is 0 Å². The lowest BCUT2D eigenvalue weighted by molar-refractivity contribution is -0.384. The van der Waals surface area contributed by atoms with Crippen molar-refractivity contribution in [2.45, 2.75) is 6.92 Å². The van der Waals surface area contributed by atoms with Gasteiger partial charge in [-0.15, -0.1) is 0 Å². The number of rotatable bonds is 4. The summed E-state index contributed by atoms with van der Waals surface area (Å²) in [6.45, 7) is 1.83. The number of nitrogens with two attached hydrogens (primary N) is 1. The molecule has 0 spiro atoms. The number of nitrogen functional groups attached to an aromatic ring is 1. The molecule has 2 aromatic rings. The van der Waals surface area contributed by atoms with Gasteiger partial charge in [0.05, 0.1) is 11.5 Å². The molecule has 0 saturated carbocycles. The fourth-order valence-electron chi connectivity index (χ4n) is 1.54. The SMILES string of the molecule is CCOC(=O)c1nc(N)nc(-c2ccc([N+](=O)[O-])cc2)n1. The molecule has 0 fully saturated rings. The van der Waals surface area contributed by atoms with Crippen molar-refractivity contribution in [3.8, 4) is 11.4 Å². The monoisotopic (exact) mass is 289 g/mol. The maximum atomic E-state index is 11.6. The number of anilines is 1. The lowest BCUT2D eigenvalue weighted by atomic mass is 10.2. The van der Waals surface area contributed by atoms with Crippen molar-refractivity contribution in [1.29, 1.82) is 0 Å². The summed E-state index contributed by atoms with van der Waals surface area (Å²) >= 11 is 0. The molecule has 108 valence electrons. The molecule has 0 bridgehead atoms. The molecule has 1 aromatic carbocycles. The highest BCUT2D eigenvalue weighted by atomic mass is 16.6. The number of nitro groups is 1. The first kappa shape index (κ1) is 14.3. The van der Waals surface area contributed by atoms with Gasteiger partial charge >= 0.3 is 5.97 Å². The van der Waals surface area contributed by atoms with Crippen LogP contribution in [-0.4, -0.2) is 32.5 Å². The Morgan fingerprint density at radius 2 is 1.95 bits per heavy atom.